The Morgan fingerprint density at radius 3 is 2.29 bits per heavy atom. The summed E-state index contributed by atoms with van der Waals surface area (Å²) in [4.78, 5) is 38.9. The molecule has 1 fully saturated rings. The van der Waals surface area contributed by atoms with Crippen LogP contribution in [0, 0.1) is 5.92 Å². The molecular weight excluding hydrogens is 384 g/mol. The summed E-state index contributed by atoms with van der Waals surface area (Å²) in [5.74, 6) is -2.43. The summed E-state index contributed by atoms with van der Waals surface area (Å²) in [6.45, 7) is 1.23. The number of nitrogens with one attached hydrogen (secondary N) is 1. The fourth-order valence-electron chi connectivity index (χ4n) is 2.81. The highest BCUT2D eigenvalue weighted by Crippen LogP contribution is 2.26. The van der Waals surface area contributed by atoms with Crippen molar-refractivity contribution in [3.05, 3.63) is 52.5 Å². The number of aromatic carboxylic acids is 2. The molecule has 28 heavy (non-hydrogen) atoms. The molecule has 2 heterocycles. The molecule has 1 saturated heterocycles. The number of ether oxygens (including phenoxy) is 1. The second kappa shape index (κ2) is 8.77. The number of carboxylic acid groups (broad SMARTS) is 2. The Hall–Kier alpha value is -3.04. The molecule has 3 N–H and O–H groups in total. The summed E-state index contributed by atoms with van der Waals surface area (Å²) in [6, 6.07) is 6.04. The van der Waals surface area contributed by atoms with Crippen molar-refractivity contribution in [1.82, 2.24) is 4.98 Å². The average Bonchev–Trinajstić information content (AvgIpc) is 3.16. The molecular formula is C19H18N2O6S. The Balaban J connectivity index is 1.87. The van der Waals surface area contributed by atoms with Crippen molar-refractivity contribution in [2.45, 2.75) is 12.8 Å². The third kappa shape index (κ3) is 4.81. The fourth-order valence-corrected chi connectivity index (χ4v) is 3.46. The molecule has 1 aliphatic heterocycles. The maximum absolute atomic E-state index is 12.9. The van der Waals surface area contributed by atoms with Crippen molar-refractivity contribution in [3.63, 3.8) is 0 Å². The number of hydrogen-bond donors (Lipinski definition) is 3. The quantitative estimate of drug-likeness (QED) is 0.634. The van der Waals surface area contributed by atoms with Gasteiger partial charge in [0.2, 0.25) is 0 Å². The van der Waals surface area contributed by atoms with Gasteiger partial charge in [0.25, 0.3) is 5.91 Å². The number of aromatic nitrogens is 1. The monoisotopic (exact) mass is 402 g/mol. The third-order valence-electron chi connectivity index (χ3n) is 4.29. The van der Waals surface area contributed by atoms with Crippen molar-refractivity contribution < 1.29 is 29.3 Å². The summed E-state index contributed by atoms with van der Waals surface area (Å²) >= 11 is 0.867. The minimum Gasteiger partial charge on any atom is -0.478 e. The van der Waals surface area contributed by atoms with Crippen LogP contribution in [0.1, 0.15) is 38.4 Å². The van der Waals surface area contributed by atoms with Crippen LogP contribution in [-0.2, 0) is 9.53 Å². The average molecular weight is 402 g/mol. The van der Waals surface area contributed by atoms with Crippen molar-refractivity contribution >= 4 is 39.9 Å². The predicted molar refractivity (Wildman–Crippen MR) is 103 cm³/mol. The normalized spacial score (nSPS) is 15.2. The lowest BCUT2D eigenvalue weighted by molar-refractivity contribution is -0.111. The van der Waals surface area contributed by atoms with Gasteiger partial charge >= 0.3 is 11.9 Å². The van der Waals surface area contributed by atoms with E-state index >= 15 is 0 Å². The molecule has 1 aromatic carbocycles. The molecule has 8 nitrogen and oxygen atoms in total. The zero-order valence-electron chi connectivity index (χ0n) is 14.8. The maximum atomic E-state index is 12.9. The van der Waals surface area contributed by atoms with E-state index in [0.29, 0.717) is 24.4 Å². The van der Waals surface area contributed by atoms with Crippen molar-refractivity contribution in [2.24, 2.45) is 5.92 Å². The van der Waals surface area contributed by atoms with E-state index in [-0.39, 0.29) is 21.5 Å². The lowest BCUT2D eigenvalue weighted by Gasteiger charge is -2.20. The molecule has 0 bridgehead atoms. The van der Waals surface area contributed by atoms with Crippen LogP contribution in [0.3, 0.4) is 0 Å². The van der Waals surface area contributed by atoms with Crippen LogP contribution in [0.25, 0.3) is 5.57 Å². The number of carbonyl (C=O) groups is 3. The first-order valence-electron chi connectivity index (χ1n) is 8.58. The van der Waals surface area contributed by atoms with Crippen molar-refractivity contribution in [1.29, 1.82) is 0 Å². The summed E-state index contributed by atoms with van der Waals surface area (Å²) < 4.78 is 5.35. The molecule has 2 aromatic rings. The molecule has 0 atom stereocenters. The fraction of sp³-hybridized carbons (Fsp3) is 0.263. The van der Waals surface area contributed by atoms with Crippen LogP contribution in [0.15, 0.2) is 36.5 Å². The second-order valence-electron chi connectivity index (χ2n) is 6.20. The van der Waals surface area contributed by atoms with Gasteiger partial charge in [-0.25, -0.2) is 14.6 Å². The van der Waals surface area contributed by atoms with Gasteiger partial charge in [0, 0.05) is 18.8 Å². The predicted octanol–water partition coefficient (Wildman–Crippen LogP) is 2.99. The summed E-state index contributed by atoms with van der Waals surface area (Å²) in [6.07, 6.45) is 4.61. The molecule has 1 aliphatic rings. The van der Waals surface area contributed by atoms with Crippen LogP contribution in [0.5, 0.6) is 0 Å². The van der Waals surface area contributed by atoms with E-state index in [4.69, 9.17) is 14.9 Å². The number of thiazole rings is 1. The number of carboxylic acids is 2. The van der Waals surface area contributed by atoms with E-state index in [1.54, 1.807) is 12.1 Å². The number of allylic oxidation sites excluding steroid dienone is 1. The van der Waals surface area contributed by atoms with Crippen LogP contribution in [0.2, 0.25) is 0 Å². The van der Waals surface area contributed by atoms with Gasteiger partial charge in [-0.05, 0) is 36.5 Å². The third-order valence-corrected chi connectivity index (χ3v) is 5.19. The molecule has 1 aromatic heterocycles. The van der Waals surface area contributed by atoms with Crippen molar-refractivity contribution in [3.8, 4) is 0 Å². The van der Waals surface area contributed by atoms with Gasteiger partial charge in [0.15, 0.2) is 5.13 Å². The van der Waals surface area contributed by atoms with E-state index in [1.165, 1.54) is 18.3 Å². The SMILES string of the molecule is O=C(Nc1ncc(C(=O)O)s1)C(=CC1CCOCC1)c1ccc(C(=O)O)cc1. The molecule has 1 amide bonds. The van der Waals surface area contributed by atoms with Crippen molar-refractivity contribution in [2.75, 3.05) is 18.5 Å². The zero-order valence-corrected chi connectivity index (χ0v) is 15.6. The molecule has 3 rings (SSSR count). The summed E-state index contributed by atoms with van der Waals surface area (Å²) in [5.41, 5.74) is 1.08. The van der Waals surface area contributed by atoms with Gasteiger partial charge in [0.05, 0.1) is 11.8 Å². The summed E-state index contributed by atoms with van der Waals surface area (Å²) in [5, 5.41) is 20.9. The molecule has 146 valence electrons. The Morgan fingerprint density at radius 1 is 1.07 bits per heavy atom. The Labute approximate surface area is 164 Å². The molecule has 9 heteroatoms. The lowest BCUT2D eigenvalue weighted by Crippen LogP contribution is -2.18. The first kappa shape index (κ1) is 19.7. The standard InChI is InChI=1S/C19H18N2O6S/c22-16(21-19-20-10-15(28-19)18(25)26)14(9-11-5-7-27-8-6-11)12-1-3-13(4-2-12)17(23)24/h1-4,9-11H,5-8H2,(H,23,24)(H,25,26)(H,20,21,22). The number of benzene rings is 1. The molecule has 0 radical (unpaired) electrons. The Morgan fingerprint density at radius 2 is 1.71 bits per heavy atom. The Bertz CT molecular complexity index is 913. The van der Waals surface area contributed by atoms with E-state index in [9.17, 15) is 14.4 Å². The molecule has 0 saturated carbocycles. The number of nitrogens with zero attached hydrogens (tertiary/aromatic N) is 1. The van der Waals surface area contributed by atoms with Gasteiger partial charge in [0.1, 0.15) is 4.88 Å². The van der Waals surface area contributed by atoms with Gasteiger partial charge in [-0.2, -0.15) is 0 Å². The van der Waals surface area contributed by atoms with E-state index in [2.05, 4.69) is 10.3 Å². The first-order valence-corrected chi connectivity index (χ1v) is 9.39. The number of hydrogen-bond acceptors (Lipinski definition) is 6. The van der Waals surface area contributed by atoms with Crippen LogP contribution in [-0.4, -0.2) is 46.3 Å². The highest BCUT2D eigenvalue weighted by Gasteiger charge is 2.20. The smallest absolute Gasteiger partial charge is 0.347 e. The first-order chi connectivity index (χ1) is 13.4. The number of rotatable bonds is 6. The minimum atomic E-state index is -1.11. The zero-order chi connectivity index (χ0) is 20.1. The van der Waals surface area contributed by atoms with Gasteiger partial charge in [-0.1, -0.05) is 29.5 Å². The van der Waals surface area contributed by atoms with Crippen LogP contribution in [0.4, 0.5) is 5.13 Å². The molecule has 0 aliphatic carbocycles. The lowest BCUT2D eigenvalue weighted by atomic mass is 9.93. The summed E-state index contributed by atoms with van der Waals surface area (Å²) in [7, 11) is 0. The highest BCUT2D eigenvalue weighted by molar-refractivity contribution is 7.17. The maximum Gasteiger partial charge on any atom is 0.347 e. The van der Waals surface area contributed by atoms with Crippen LogP contribution < -0.4 is 5.32 Å². The Kier molecular flexibility index (Phi) is 6.17. The van der Waals surface area contributed by atoms with Gasteiger partial charge in [-0.15, -0.1) is 0 Å². The van der Waals surface area contributed by atoms with E-state index in [0.717, 1.165) is 24.2 Å². The number of carbonyl (C=O) groups excluding carboxylic acids is 1. The highest BCUT2D eigenvalue weighted by atomic mass is 32.1. The molecule has 0 unspecified atom stereocenters. The number of anilines is 1. The largest absolute Gasteiger partial charge is 0.478 e. The topological polar surface area (TPSA) is 126 Å². The number of amides is 1. The van der Waals surface area contributed by atoms with Gasteiger partial charge < -0.3 is 14.9 Å². The minimum absolute atomic E-state index is 0.0241. The van der Waals surface area contributed by atoms with Gasteiger partial charge in [-0.3, -0.25) is 10.1 Å². The second-order valence-corrected chi connectivity index (χ2v) is 7.23. The van der Waals surface area contributed by atoms with Crippen LogP contribution >= 0.6 is 11.3 Å². The molecule has 0 spiro atoms. The van der Waals surface area contributed by atoms with E-state index < -0.39 is 17.8 Å². The van der Waals surface area contributed by atoms with E-state index in [1.807, 2.05) is 6.08 Å².